The van der Waals surface area contributed by atoms with Crippen LogP contribution in [0.25, 0.3) is 10.9 Å². The molecule has 2 saturated carbocycles. The van der Waals surface area contributed by atoms with Crippen molar-refractivity contribution in [3.63, 3.8) is 0 Å². The number of rotatable bonds is 3. The molecule has 3 atom stereocenters. The molecule has 0 spiro atoms. The van der Waals surface area contributed by atoms with Gasteiger partial charge in [-0.05, 0) is 50.2 Å². The Labute approximate surface area is 164 Å². The summed E-state index contributed by atoms with van der Waals surface area (Å²) in [6.07, 6.45) is 5.03. The zero-order valence-electron chi connectivity index (χ0n) is 16.4. The SMILES string of the molecule is CC(CC(=O)N1C2CC3CC1CC(C#N)(C3)C2)c1nn(C)c2cccc(F)c12. The molecule has 0 radical (unpaired) electrons. The summed E-state index contributed by atoms with van der Waals surface area (Å²) >= 11 is 0. The molecule has 6 rings (SSSR count). The maximum atomic E-state index is 14.5. The van der Waals surface area contributed by atoms with E-state index < -0.39 is 0 Å². The fourth-order valence-electron chi connectivity index (χ4n) is 6.28. The number of hydrogen-bond donors (Lipinski definition) is 0. The Morgan fingerprint density at radius 2 is 2.07 bits per heavy atom. The van der Waals surface area contributed by atoms with E-state index in [4.69, 9.17) is 0 Å². The standard InChI is InChI=1S/C22H25FN4O/c1-13(21-20-17(23)4-3-5-18(20)26(2)25-21)6-19(28)27-15-7-14-8-16(27)11-22(9-14,10-15)12-24/h3-5,13-16H,6-11H2,1-2H3. The number of fused-ring (bicyclic) bond motifs is 1. The van der Waals surface area contributed by atoms with Gasteiger partial charge in [0.05, 0.1) is 28.1 Å². The number of nitrogens with zero attached hydrogens (tertiary/aromatic N) is 4. The van der Waals surface area contributed by atoms with Crippen molar-refractivity contribution in [1.82, 2.24) is 14.7 Å². The second-order valence-corrected chi connectivity index (χ2v) is 9.20. The van der Waals surface area contributed by atoms with Crippen molar-refractivity contribution in [2.75, 3.05) is 0 Å². The number of halogens is 1. The van der Waals surface area contributed by atoms with Gasteiger partial charge in [0.2, 0.25) is 5.91 Å². The average molecular weight is 380 g/mol. The molecule has 5 nitrogen and oxygen atoms in total. The Bertz CT molecular complexity index is 990. The van der Waals surface area contributed by atoms with Gasteiger partial charge in [0.25, 0.3) is 0 Å². The van der Waals surface area contributed by atoms with Gasteiger partial charge in [0, 0.05) is 31.5 Å². The molecule has 4 fully saturated rings. The van der Waals surface area contributed by atoms with Crippen LogP contribution in [0.3, 0.4) is 0 Å². The van der Waals surface area contributed by atoms with E-state index in [1.807, 2.05) is 20.0 Å². The largest absolute Gasteiger partial charge is 0.337 e. The normalized spacial score (nSPS) is 31.9. The number of aryl methyl sites for hydroxylation is 1. The molecular weight excluding hydrogens is 355 g/mol. The molecule has 1 amide bonds. The smallest absolute Gasteiger partial charge is 0.223 e. The van der Waals surface area contributed by atoms with E-state index >= 15 is 0 Å². The van der Waals surface area contributed by atoms with E-state index in [9.17, 15) is 14.4 Å². The van der Waals surface area contributed by atoms with Crippen molar-refractivity contribution in [3.8, 4) is 6.07 Å². The van der Waals surface area contributed by atoms with Crippen molar-refractivity contribution in [2.24, 2.45) is 18.4 Å². The summed E-state index contributed by atoms with van der Waals surface area (Å²) in [6.45, 7) is 1.96. The number of aromatic nitrogens is 2. The minimum Gasteiger partial charge on any atom is -0.337 e. The van der Waals surface area contributed by atoms with Gasteiger partial charge in [-0.2, -0.15) is 10.4 Å². The van der Waals surface area contributed by atoms with Gasteiger partial charge in [-0.3, -0.25) is 9.48 Å². The third-order valence-electron chi connectivity index (χ3n) is 7.26. The fourth-order valence-corrected chi connectivity index (χ4v) is 6.28. The minimum atomic E-state index is -0.286. The summed E-state index contributed by atoms with van der Waals surface area (Å²) in [5, 5.41) is 14.7. The zero-order chi connectivity index (χ0) is 19.6. The number of carbonyl (C=O) groups is 1. The second kappa shape index (κ2) is 6.04. The van der Waals surface area contributed by atoms with Crippen LogP contribution in [0, 0.1) is 28.5 Å². The molecule has 1 aromatic heterocycles. The molecule has 2 aliphatic carbocycles. The van der Waals surface area contributed by atoms with Crippen molar-refractivity contribution in [1.29, 1.82) is 5.26 Å². The van der Waals surface area contributed by atoms with Gasteiger partial charge in [0.15, 0.2) is 0 Å². The van der Waals surface area contributed by atoms with E-state index in [1.54, 1.807) is 10.7 Å². The summed E-state index contributed by atoms with van der Waals surface area (Å²) in [5.74, 6) is 0.276. The lowest BCUT2D eigenvalue weighted by atomic mass is 9.56. The van der Waals surface area contributed by atoms with Gasteiger partial charge in [-0.25, -0.2) is 4.39 Å². The minimum absolute atomic E-state index is 0.129. The Balaban J connectivity index is 1.39. The first kappa shape index (κ1) is 17.7. The maximum Gasteiger partial charge on any atom is 0.223 e. The molecule has 2 aliphatic heterocycles. The van der Waals surface area contributed by atoms with Crippen molar-refractivity contribution >= 4 is 16.8 Å². The number of amides is 1. The van der Waals surface area contributed by atoms with Gasteiger partial charge in [0.1, 0.15) is 5.82 Å². The van der Waals surface area contributed by atoms with Gasteiger partial charge in [-0.1, -0.05) is 13.0 Å². The summed E-state index contributed by atoms with van der Waals surface area (Å²) < 4.78 is 16.1. The summed E-state index contributed by atoms with van der Waals surface area (Å²) in [5.41, 5.74) is 1.20. The number of benzene rings is 1. The maximum absolute atomic E-state index is 14.5. The van der Waals surface area contributed by atoms with Crippen LogP contribution >= 0.6 is 0 Å². The van der Waals surface area contributed by atoms with Gasteiger partial charge < -0.3 is 4.90 Å². The molecule has 1 aromatic carbocycles. The van der Waals surface area contributed by atoms with Crippen LogP contribution in [0.15, 0.2) is 18.2 Å². The van der Waals surface area contributed by atoms with Crippen LogP contribution in [0.1, 0.15) is 57.1 Å². The molecule has 4 bridgehead atoms. The molecule has 28 heavy (non-hydrogen) atoms. The summed E-state index contributed by atoms with van der Waals surface area (Å²) in [6, 6.07) is 7.95. The van der Waals surface area contributed by atoms with E-state index in [-0.39, 0.29) is 35.1 Å². The Kier molecular flexibility index (Phi) is 3.81. The number of hydrogen-bond acceptors (Lipinski definition) is 3. The van der Waals surface area contributed by atoms with Crippen LogP contribution in [-0.4, -0.2) is 32.7 Å². The molecule has 3 heterocycles. The predicted octanol–water partition coefficient (Wildman–Crippen LogP) is 3.89. The molecule has 2 aromatic rings. The third kappa shape index (κ3) is 2.48. The Morgan fingerprint density at radius 1 is 1.36 bits per heavy atom. The van der Waals surface area contributed by atoms with Crippen LogP contribution < -0.4 is 0 Å². The van der Waals surface area contributed by atoms with Crippen molar-refractivity contribution < 1.29 is 9.18 Å². The highest BCUT2D eigenvalue weighted by atomic mass is 19.1. The van der Waals surface area contributed by atoms with Crippen molar-refractivity contribution in [2.45, 2.75) is 63.5 Å². The molecule has 4 aliphatic rings. The first-order chi connectivity index (χ1) is 13.4. The lowest BCUT2D eigenvalue weighted by Crippen LogP contribution is -2.63. The predicted molar refractivity (Wildman–Crippen MR) is 103 cm³/mol. The fraction of sp³-hybridized carbons (Fsp3) is 0.591. The second-order valence-electron chi connectivity index (χ2n) is 9.20. The molecular formula is C22H25FN4O. The van der Waals surface area contributed by atoms with E-state index in [2.05, 4.69) is 16.1 Å². The van der Waals surface area contributed by atoms with Crippen LogP contribution in [0.2, 0.25) is 0 Å². The average Bonchev–Trinajstić information content (AvgIpc) is 2.99. The van der Waals surface area contributed by atoms with Crippen LogP contribution in [-0.2, 0) is 11.8 Å². The van der Waals surface area contributed by atoms with Crippen LogP contribution in [0.4, 0.5) is 4.39 Å². The molecule has 146 valence electrons. The van der Waals surface area contributed by atoms with E-state index in [0.717, 1.165) is 37.6 Å². The first-order valence-electron chi connectivity index (χ1n) is 10.2. The third-order valence-corrected chi connectivity index (χ3v) is 7.26. The highest BCUT2D eigenvalue weighted by Crippen LogP contribution is 2.56. The number of nitriles is 1. The van der Waals surface area contributed by atoms with Crippen molar-refractivity contribution in [3.05, 3.63) is 29.7 Å². The number of piperidine rings is 2. The highest BCUT2D eigenvalue weighted by molar-refractivity contribution is 5.84. The lowest BCUT2D eigenvalue weighted by Gasteiger charge is -2.59. The number of carbonyl (C=O) groups excluding carboxylic acids is 1. The summed E-state index contributed by atoms with van der Waals surface area (Å²) in [4.78, 5) is 15.3. The Hall–Kier alpha value is -2.42. The lowest BCUT2D eigenvalue weighted by molar-refractivity contribution is -0.153. The topological polar surface area (TPSA) is 61.9 Å². The van der Waals surface area contributed by atoms with E-state index in [0.29, 0.717) is 23.4 Å². The van der Waals surface area contributed by atoms with Gasteiger partial charge >= 0.3 is 0 Å². The molecule has 3 unspecified atom stereocenters. The van der Waals surface area contributed by atoms with E-state index in [1.165, 1.54) is 6.07 Å². The highest BCUT2D eigenvalue weighted by Gasteiger charge is 2.56. The zero-order valence-corrected chi connectivity index (χ0v) is 16.4. The molecule has 6 heteroatoms. The Morgan fingerprint density at radius 3 is 2.75 bits per heavy atom. The van der Waals surface area contributed by atoms with Crippen LogP contribution in [0.5, 0.6) is 0 Å². The first-order valence-corrected chi connectivity index (χ1v) is 10.2. The van der Waals surface area contributed by atoms with Gasteiger partial charge in [-0.15, -0.1) is 0 Å². The molecule has 2 saturated heterocycles. The quantitative estimate of drug-likeness (QED) is 0.812. The monoisotopic (exact) mass is 380 g/mol. The molecule has 0 N–H and O–H groups in total. The summed E-state index contributed by atoms with van der Waals surface area (Å²) in [7, 11) is 1.81.